The average molecular weight is 513 g/mol. The van der Waals surface area contributed by atoms with Gasteiger partial charge >= 0.3 is 11.9 Å². The summed E-state index contributed by atoms with van der Waals surface area (Å²) in [6.07, 6.45) is 14.8. The summed E-state index contributed by atoms with van der Waals surface area (Å²) in [5, 5.41) is 0. The number of carbonyl (C=O) groups excluding carboxylic acids is 2. The Labute approximate surface area is 225 Å². The summed E-state index contributed by atoms with van der Waals surface area (Å²) >= 11 is 0. The van der Waals surface area contributed by atoms with Crippen LogP contribution in [0.3, 0.4) is 0 Å². The molecule has 5 rings (SSSR count). The molecule has 4 heteroatoms. The molecule has 9 atom stereocenters. The minimum atomic E-state index is -0.326. The highest BCUT2D eigenvalue weighted by molar-refractivity contribution is 5.78. The van der Waals surface area contributed by atoms with Gasteiger partial charge in [-0.05, 0) is 103 Å². The van der Waals surface area contributed by atoms with Crippen molar-refractivity contribution >= 4 is 11.9 Å². The molecule has 0 aromatic carbocycles. The van der Waals surface area contributed by atoms with Crippen molar-refractivity contribution in [2.75, 3.05) is 7.11 Å². The lowest BCUT2D eigenvalue weighted by molar-refractivity contribution is -0.226. The van der Waals surface area contributed by atoms with E-state index in [1.165, 1.54) is 12.8 Å². The second kappa shape index (κ2) is 8.34. The van der Waals surface area contributed by atoms with Gasteiger partial charge in [-0.15, -0.1) is 0 Å². The quantitative estimate of drug-likeness (QED) is 0.280. The molecule has 4 saturated carbocycles. The van der Waals surface area contributed by atoms with E-state index in [9.17, 15) is 9.59 Å². The third-order valence-corrected chi connectivity index (χ3v) is 13.5. The van der Waals surface area contributed by atoms with E-state index in [0.29, 0.717) is 23.7 Å². The van der Waals surface area contributed by atoms with E-state index in [-0.39, 0.29) is 50.5 Å². The van der Waals surface area contributed by atoms with Crippen LogP contribution >= 0.6 is 0 Å². The van der Waals surface area contributed by atoms with Gasteiger partial charge in [-0.1, -0.05) is 60.6 Å². The lowest BCUT2D eigenvalue weighted by Crippen LogP contribution is -2.66. The Bertz CT molecular complexity index is 994. The van der Waals surface area contributed by atoms with Crippen molar-refractivity contribution in [1.29, 1.82) is 0 Å². The largest absolute Gasteiger partial charge is 0.469 e. The highest BCUT2D eigenvalue weighted by atomic mass is 16.5. The summed E-state index contributed by atoms with van der Waals surface area (Å²) < 4.78 is 11.4. The van der Waals surface area contributed by atoms with E-state index in [4.69, 9.17) is 9.47 Å². The molecule has 37 heavy (non-hydrogen) atoms. The van der Waals surface area contributed by atoms with Crippen LogP contribution in [0.5, 0.6) is 0 Å². The first-order valence-electron chi connectivity index (χ1n) is 15.0. The summed E-state index contributed by atoms with van der Waals surface area (Å²) in [6, 6.07) is 0. The molecule has 4 nitrogen and oxygen atoms in total. The molecule has 0 radical (unpaired) electrons. The van der Waals surface area contributed by atoms with Crippen molar-refractivity contribution < 1.29 is 19.1 Å². The zero-order valence-electron chi connectivity index (χ0n) is 25.0. The van der Waals surface area contributed by atoms with Crippen molar-refractivity contribution in [3.05, 3.63) is 12.2 Å². The number of rotatable bonds is 2. The maximum absolute atomic E-state index is 13.4. The Morgan fingerprint density at radius 3 is 2.14 bits per heavy atom. The second-order valence-electron chi connectivity index (χ2n) is 15.9. The van der Waals surface area contributed by atoms with Crippen LogP contribution in [-0.4, -0.2) is 25.2 Å². The van der Waals surface area contributed by atoms with Gasteiger partial charge in [-0.25, -0.2) is 0 Å². The monoisotopic (exact) mass is 512 g/mol. The smallest absolute Gasteiger partial charge is 0.312 e. The number of hydrogen-bond donors (Lipinski definition) is 0. The summed E-state index contributed by atoms with van der Waals surface area (Å²) in [4.78, 5) is 25.3. The van der Waals surface area contributed by atoms with E-state index >= 15 is 0 Å². The van der Waals surface area contributed by atoms with Crippen LogP contribution in [-0.2, 0) is 19.1 Å². The number of carbonyl (C=O) groups is 2. The maximum atomic E-state index is 13.4. The van der Waals surface area contributed by atoms with E-state index in [0.717, 1.165) is 44.9 Å². The molecule has 0 amide bonds. The van der Waals surface area contributed by atoms with Gasteiger partial charge in [-0.2, -0.15) is 0 Å². The third kappa shape index (κ3) is 3.58. The molecule has 0 bridgehead atoms. The zero-order valence-corrected chi connectivity index (χ0v) is 25.0. The fourth-order valence-corrected chi connectivity index (χ4v) is 11.3. The molecule has 0 unspecified atom stereocenters. The summed E-state index contributed by atoms with van der Waals surface area (Å²) in [6.45, 7) is 18.8. The Morgan fingerprint density at radius 1 is 0.811 bits per heavy atom. The van der Waals surface area contributed by atoms with Crippen LogP contribution in [0.1, 0.15) is 113 Å². The van der Waals surface area contributed by atoms with Crippen LogP contribution in [0.15, 0.2) is 12.2 Å². The van der Waals surface area contributed by atoms with E-state index < -0.39 is 0 Å². The molecule has 208 valence electrons. The standard InChI is InChI=1S/C33H52O4/c1-21(34)37-26-13-14-30(6)24(29(26,4)5)12-15-32(8)25(30)11-10-22-23-20-28(2,3)16-18-33(23,27(35)36-9)19-17-31(22,32)7/h10-11,22-26H,12-20H2,1-9H3/t22-,23+,24-,25-,26-,30-,31+,32+,33-/m0/s1. The molecule has 0 N–H and O–H groups in total. The molecule has 0 saturated heterocycles. The molecule has 0 aromatic rings. The highest BCUT2D eigenvalue weighted by Gasteiger charge is 2.70. The first-order chi connectivity index (χ1) is 17.1. The van der Waals surface area contributed by atoms with Crippen molar-refractivity contribution in [1.82, 2.24) is 0 Å². The van der Waals surface area contributed by atoms with E-state index in [2.05, 4.69) is 60.6 Å². The van der Waals surface area contributed by atoms with Crippen molar-refractivity contribution in [2.45, 2.75) is 119 Å². The molecule has 5 aliphatic carbocycles. The Hall–Kier alpha value is -1.32. The van der Waals surface area contributed by atoms with Crippen LogP contribution in [0.2, 0.25) is 0 Å². The normalized spacial score (nSPS) is 49.5. The average Bonchev–Trinajstić information content (AvgIpc) is 2.80. The Morgan fingerprint density at radius 2 is 1.49 bits per heavy atom. The Balaban J connectivity index is 1.55. The highest BCUT2D eigenvalue weighted by Crippen LogP contribution is 2.75. The fourth-order valence-electron chi connectivity index (χ4n) is 11.3. The van der Waals surface area contributed by atoms with Gasteiger partial charge in [0.05, 0.1) is 12.5 Å². The topological polar surface area (TPSA) is 52.6 Å². The van der Waals surface area contributed by atoms with Gasteiger partial charge in [0.1, 0.15) is 6.10 Å². The second-order valence-corrected chi connectivity index (χ2v) is 15.9. The van der Waals surface area contributed by atoms with E-state index in [1.807, 2.05) is 0 Å². The van der Waals surface area contributed by atoms with Gasteiger partial charge in [-0.3, -0.25) is 9.59 Å². The number of esters is 2. The van der Waals surface area contributed by atoms with Crippen LogP contribution in [0, 0.1) is 56.2 Å². The SMILES string of the molecule is COC(=O)[C@]12CCC(C)(C)C[C@@H]1[C@@H]1C=C[C@H]3[C@@]4(C)CC[C@H](OC(C)=O)C(C)(C)[C@@H]4CC[C@@]3(C)[C@]1(C)CC2. The van der Waals surface area contributed by atoms with Crippen molar-refractivity contribution in [3.63, 3.8) is 0 Å². The van der Waals surface area contributed by atoms with Gasteiger partial charge in [0.25, 0.3) is 0 Å². The molecule has 4 fully saturated rings. The van der Waals surface area contributed by atoms with Crippen LogP contribution in [0.25, 0.3) is 0 Å². The number of ether oxygens (including phenoxy) is 2. The predicted octanol–water partition coefficient (Wildman–Crippen LogP) is 7.75. The fraction of sp³-hybridized carbons (Fsp3) is 0.879. The van der Waals surface area contributed by atoms with Crippen LogP contribution < -0.4 is 0 Å². The summed E-state index contributed by atoms with van der Waals surface area (Å²) in [7, 11) is 1.59. The van der Waals surface area contributed by atoms with Crippen molar-refractivity contribution in [2.24, 2.45) is 56.2 Å². The summed E-state index contributed by atoms with van der Waals surface area (Å²) in [5.74, 6) is 1.66. The van der Waals surface area contributed by atoms with Gasteiger partial charge in [0.2, 0.25) is 0 Å². The number of fused-ring (bicyclic) bond motifs is 7. The molecule has 0 heterocycles. The number of methoxy groups -OCH3 is 1. The summed E-state index contributed by atoms with van der Waals surface area (Å²) in [5.41, 5.74) is 0.423. The third-order valence-electron chi connectivity index (χ3n) is 13.5. The minimum Gasteiger partial charge on any atom is -0.469 e. The van der Waals surface area contributed by atoms with Crippen LogP contribution in [0.4, 0.5) is 0 Å². The van der Waals surface area contributed by atoms with Gasteiger partial charge in [0, 0.05) is 12.3 Å². The molecule has 0 spiro atoms. The number of allylic oxidation sites excluding steroid dienone is 2. The first-order valence-corrected chi connectivity index (χ1v) is 15.0. The molecular formula is C33H52O4. The van der Waals surface area contributed by atoms with Crippen molar-refractivity contribution in [3.8, 4) is 0 Å². The maximum Gasteiger partial charge on any atom is 0.312 e. The minimum absolute atomic E-state index is 0.00293. The molecule has 5 aliphatic rings. The lowest BCUT2D eigenvalue weighted by atomic mass is 9.33. The first kappa shape index (κ1) is 27.3. The lowest BCUT2D eigenvalue weighted by Gasteiger charge is -2.71. The Kier molecular flexibility index (Phi) is 6.14. The molecule has 0 aromatic heterocycles. The molecule has 0 aliphatic heterocycles. The molecular weight excluding hydrogens is 460 g/mol. The van der Waals surface area contributed by atoms with Gasteiger partial charge in [0.15, 0.2) is 0 Å². The van der Waals surface area contributed by atoms with E-state index in [1.54, 1.807) is 14.0 Å². The van der Waals surface area contributed by atoms with Gasteiger partial charge < -0.3 is 9.47 Å². The zero-order chi connectivity index (χ0) is 27.2. The number of hydrogen-bond acceptors (Lipinski definition) is 4. The predicted molar refractivity (Wildman–Crippen MR) is 147 cm³/mol.